The van der Waals surface area contributed by atoms with Crippen LogP contribution in [-0.2, 0) is 12.8 Å². The van der Waals surface area contributed by atoms with Crippen molar-refractivity contribution >= 4 is 34.0 Å². The third-order valence-electron chi connectivity index (χ3n) is 3.98. The highest BCUT2D eigenvalue weighted by Crippen LogP contribution is 2.39. The molecule has 0 aromatic carbocycles. The van der Waals surface area contributed by atoms with Crippen LogP contribution in [0.5, 0.6) is 0 Å². The van der Waals surface area contributed by atoms with Crippen LogP contribution in [0.3, 0.4) is 0 Å². The minimum atomic E-state index is -0.725. The van der Waals surface area contributed by atoms with Gasteiger partial charge in [0.2, 0.25) is 0 Å². The molecule has 0 fully saturated rings. The lowest BCUT2D eigenvalue weighted by molar-refractivity contribution is -0.402. The van der Waals surface area contributed by atoms with Gasteiger partial charge in [-0.05, 0) is 36.8 Å². The number of anilines is 1. The highest BCUT2D eigenvalue weighted by molar-refractivity contribution is 7.17. The number of amides is 2. The molecule has 1 aliphatic carbocycles. The average Bonchev–Trinajstić information content (AvgIpc) is 3.10. The Bertz CT molecular complexity index is 838. The summed E-state index contributed by atoms with van der Waals surface area (Å²) in [5.74, 6) is -1.46. The van der Waals surface area contributed by atoms with E-state index in [1.54, 1.807) is 0 Å². The van der Waals surface area contributed by atoms with Crippen molar-refractivity contribution in [3.63, 3.8) is 0 Å². The van der Waals surface area contributed by atoms with Crippen molar-refractivity contribution in [1.82, 2.24) is 0 Å². The van der Waals surface area contributed by atoms with Gasteiger partial charge in [-0.25, -0.2) is 0 Å². The number of hydrogen-bond donors (Lipinski definition) is 2. The number of hydrogen-bond acceptors (Lipinski definition) is 6. The van der Waals surface area contributed by atoms with Crippen molar-refractivity contribution in [2.45, 2.75) is 26.2 Å². The van der Waals surface area contributed by atoms with Crippen molar-refractivity contribution < 1.29 is 18.9 Å². The lowest BCUT2D eigenvalue weighted by atomic mass is 9.88. The third kappa shape index (κ3) is 2.90. The number of nitrogens with one attached hydrogen (secondary N) is 1. The van der Waals surface area contributed by atoms with Crippen LogP contribution in [0, 0.1) is 16.0 Å². The summed E-state index contributed by atoms with van der Waals surface area (Å²) in [6.45, 7) is 2.13. The van der Waals surface area contributed by atoms with Gasteiger partial charge in [0.05, 0.1) is 11.6 Å². The highest BCUT2D eigenvalue weighted by atomic mass is 32.1. The van der Waals surface area contributed by atoms with E-state index in [-0.39, 0.29) is 5.76 Å². The van der Waals surface area contributed by atoms with Gasteiger partial charge in [-0.2, -0.15) is 0 Å². The van der Waals surface area contributed by atoms with E-state index in [9.17, 15) is 19.7 Å². The monoisotopic (exact) mass is 349 g/mol. The van der Waals surface area contributed by atoms with Gasteiger partial charge in [-0.15, -0.1) is 11.3 Å². The molecule has 0 radical (unpaired) electrons. The van der Waals surface area contributed by atoms with E-state index in [1.807, 2.05) is 0 Å². The van der Waals surface area contributed by atoms with Crippen LogP contribution in [0.1, 0.15) is 44.7 Å². The summed E-state index contributed by atoms with van der Waals surface area (Å²) >= 11 is 1.32. The minimum Gasteiger partial charge on any atom is -0.395 e. The number of rotatable bonds is 4. The normalized spacial score (nSPS) is 16.5. The predicted octanol–water partition coefficient (Wildman–Crippen LogP) is 2.73. The molecule has 9 heteroatoms. The van der Waals surface area contributed by atoms with Crippen molar-refractivity contribution in [2.75, 3.05) is 5.32 Å². The molecular weight excluding hydrogens is 334 g/mol. The first-order chi connectivity index (χ1) is 11.4. The molecule has 3 N–H and O–H groups in total. The van der Waals surface area contributed by atoms with E-state index in [0.29, 0.717) is 16.5 Å². The fraction of sp³-hybridized carbons (Fsp3) is 0.333. The molecule has 24 heavy (non-hydrogen) atoms. The first-order valence-electron chi connectivity index (χ1n) is 7.36. The summed E-state index contributed by atoms with van der Waals surface area (Å²) < 4.78 is 4.88. The van der Waals surface area contributed by atoms with E-state index in [0.717, 1.165) is 35.8 Å². The molecule has 0 unspecified atom stereocenters. The predicted molar refractivity (Wildman–Crippen MR) is 87.3 cm³/mol. The molecule has 0 saturated carbocycles. The molecule has 2 aromatic rings. The fourth-order valence-electron chi connectivity index (χ4n) is 2.81. The second-order valence-electron chi connectivity index (χ2n) is 5.77. The summed E-state index contributed by atoms with van der Waals surface area (Å²) in [5, 5.41) is 13.6. The molecule has 8 nitrogen and oxygen atoms in total. The summed E-state index contributed by atoms with van der Waals surface area (Å²) in [6.07, 6.45) is 2.54. The lowest BCUT2D eigenvalue weighted by Crippen LogP contribution is -2.19. The van der Waals surface area contributed by atoms with Gasteiger partial charge in [0.15, 0.2) is 5.76 Å². The molecule has 0 spiro atoms. The molecule has 2 amide bonds. The van der Waals surface area contributed by atoms with Gasteiger partial charge in [-0.1, -0.05) is 6.92 Å². The SMILES string of the molecule is C[C@H]1CCc2c(sc(NC(=O)c3ccc([N+](=O)[O-])o3)c2C(N)=O)C1. The maximum Gasteiger partial charge on any atom is 0.433 e. The molecule has 126 valence electrons. The molecule has 0 saturated heterocycles. The smallest absolute Gasteiger partial charge is 0.395 e. The summed E-state index contributed by atoms with van der Waals surface area (Å²) in [4.78, 5) is 35.0. The topological polar surface area (TPSA) is 128 Å². The number of primary amides is 1. The van der Waals surface area contributed by atoms with Gasteiger partial charge in [0.1, 0.15) is 9.92 Å². The van der Waals surface area contributed by atoms with Crippen LogP contribution in [-0.4, -0.2) is 16.7 Å². The Kier molecular flexibility index (Phi) is 4.10. The Hall–Kier alpha value is -2.68. The van der Waals surface area contributed by atoms with E-state index in [1.165, 1.54) is 17.4 Å². The first-order valence-corrected chi connectivity index (χ1v) is 8.18. The molecule has 2 aromatic heterocycles. The highest BCUT2D eigenvalue weighted by Gasteiger charge is 2.28. The van der Waals surface area contributed by atoms with Crippen LogP contribution in [0.4, 0.5) is 10.9 Å². The van der Waals surface area contributed by atoms with E-state index < -0.39 is 22.6 Å². The fourth-order valence-corrected chi connectivity index (χ4v) is 4.22. The molecule has 3 rings (SSSR count). The van der Waals surface area contributed by atoms with Gasteiger partial charge < -0.3 is 15.5 Å². The average molecular weight is 349 g/mol. The summed E-state index contributed by atoms with van der Waals surface area (Å²) in [6, 6.07) is 2.32. The maximum atomic E-state index is 12.2. The van der Waals surface area contributed by atoms with Crippen LogP contribution in [0.2, 0.25) is 0 Å². The van der Waals surface area contributed by atoms with Gasteiger partial charge in [0.25, 0.3) is 11.8 Å². The molecule has 1 atom stereocenters. The zero-order valence-electron chi connectivity index (χ0n) is 12.8. The van der Waals surface area contributed by atoms with E-state index in [4.69, 9.17) is 10.2 Å². The van der Waals surface area contributed by atoms with Gasteiger partial charge >= 0.3 is 5.88 Å². The zero-order chi connectivity index (χ0) is 17.4. The van der Waals surface area contributed by atoms with Crippen LogP contribution < -0.4 is 11.1 Å². The Balaban J connectivity index is 1.90. The Morgan fingerprint density at radius 2 is 2.21 bits per heavy atom. The van der Waals surface area contributed by atoms with E-state index in [2.05, 4.69) is 12.2 Å². The maximum absolute atomic E-state index is 12.2. The number of nitrogens with zero attached hydrogens (tertiary/aromatic N) is 1. The standard InChI is InChI=1S/C15H15N3O5S/c1-7-2-3-8-10(6-7)24-15(12(8)13(16)19)17-14(20)9-4-5-11(23-9)18(21)22/h4-5,7H,2-3,6H2,1H3,(H2,16,19)(H,17,20)/t7-/m0/s1. The van der Waals surface area contributed by atoms with Gasteiger partial charge in [-0.3, -0.25) is 19.7 Å². The number of fused-ring (bicyclic) bond motifs is 1. The summed E-state index contributed by atoms with van der Waals surface area (Å²) in [7, 11) is 0. The Morgan fingerprint density at radius 1 is 1.46 bits per heavy atom. The first kappa shape index (κ1) is 16.2. The molecule has 0 aliphatic heterocycles. The largest absolute Gasteiger partial charge is 0.433 e. The number of nitro groups is 1. The second kappa shape index (κ2) is 6.08. The van der Waals surface area contributed by atoms with Crippen molar-refractivity contribution in [3.05, 3.63) is 44.0 Å². The quantitative estimate of drug-likeness (QED) is 0.648. The van der Waals surface area contributed by atoms with Crippen molar-refractivity contribution in [1.29, 1.82) is 0 Å². The van der Waals surface area contributed by atoms with Crippen LogP contribution in [0.25, 0.3) is 0 Å². The Morgan fingerprint density at radius 3 is 2.83 bits per heavy atom. The van der Waals surface area contributed by atoms with Crippen LogP contribution in [0.15, 0.2) is 16.5 Å². The number of carbonyl (C=O) groups is 2. The number of furan rings is 1. The minimum absolute atomic E-state index is 0.197. The van der Waals surface area contributed by atoms with Gasteiger partial charge in [0, 0.05) is 4.88 Å². The lowest BCUT2D eigenvalue weighted by Gasteiger charge is -2.18. The number of carbonyl (C=O) groups excluding carboxylic acids is 2. The third-order valence-corrected chi connectivity index (χ3v) is 5.15. The zero-order valence-corrected chi connectivity index (χ0v) is 13.6. The molecular formula is C15H15N3O5S. The summed E-state index contributed by atoms with van der Waals surface area (Å²) in [5.41, 5.74) is 6.70. The molecule has 0 bridgehead atoms. The molecule has 2 heterocycles. The van der Waals surface area contributed by atoms with E-state index >= 15 is 0 Å². The second-order valence-corrected chi connectivity index (χ2v) is 6.87. The van der Waals surface area contributed by atoms with Crippen molar-refractivity contribution in [2.24, 2.45) is 11.7 Å². The van der Waals surface area contributed by atoms with Crippen LogP contribution >= 0.6 is 11.3 Å². The number of thiophene rings is 1. The van der Waals surface area contributed by atoms with Crippen molar-refractivity contribution in [3.8, 4) is 0 Å². The number of nitrogens with two attached hydrogens (primary N) is 1. The Labute approximate surface area is 140 Å². The molecule has 1 aliphatic rings.